The van der Waals surface area contributed by atoms with Gasteiger partial charge in [0.05, 0.1) is 0 Å². The van der Waals surface area contributed by atoms with Gasteiger partial charge in [0, 0.05) is 6.61 Å². The van der Waals surface area contributed by atoms with Crippen molar-refractivity contribution in [2.45, 2.75) is 16.7 Å². The minimum Gasteiger partial charge on any atom is -0.480 e. The number of aliphatic hydroxyl groups is 1. The van der Waals surface area contributed by atoms with E-state index in [2.05, 4.69) is 0 Å². The maximum Gasteiger partial charge on any atom is 0.321 e. The van der Waals surface area contributed by atoms with Gasteiger partial charge in [0.25, 0.3) is 10.0 Å². The quantitative estimate of drug-likeness (QED) is 0.662. The Morgan fingerprint density at radius 3 is 2.67 bits per heavy atom. The molecule has 0 bridgehead atoms. The van der Waals surface area contributed by atoms with Crippen molar-refractivity contribution < 1.29 is 23.4 Å². The lowest BCUT2D eigenvalue weighted by Crippen LogP contribution is -2.41. The maximum absolute atomic E-state index is 11.8. The van der Waals surface area contributed by atoms with E-state index >= 15 is 0 Å². The molecule has 18 heavy (non-hydrogen) atoms. The topological polar surface area (TPSA) is 127 Å². The van der Waals surface area contributed by atoms with E-state index in [1.165, 1.54) is 12.1 Å². The van der Waals surface area contributed by atoms with Crippen molar-refractivity contribution in [2.75, 3.05) is 6.61 Å². The summed E-state index contributed by atoms with van der Waals surface area (Å²) < 4.78 is 25.4. The van der Waals surface area contributed by atoms with E-state index in [-0.39, 0.29) is 15.5 Å². The largest absolute Gasteiger partial charge is 0.480 e. The van der Waals surface area contributed by atoms with Crippen LogP contribution in [0.2, 0.25) is 0 Å². The van der Waals surface area contributed by atoms with Crippen LogP contribution in [-0.4, -0.2) is 37.2 Å². The van der Waals surface area contributed by atoms with Gasteiger partial charge in [0.1, 0.15) is 21.2 Å². The third kappa shape index (κ3) is 3.51. The highest BCUT2D eigenvalue weighted by Gasteiger charge is 2.26. The first kappa shape index (κ1) is 14.6. The zero-order valence-electron chi connectivity index (χ0n) is 9.03. The van der Waals surface area contributed by atoms with E-state index in [9.17, 15) is 13.2 Å². The van der Waals surface area contributed by atoms with Crippen LogP contribution < -0.4 is 4.72 Å². The summed E-state index contributed by atoms with van der Waals surface area (Å²) >= 11 is 0.745. The Morgan fingerprint density at radius 2 is 2.22 bits per heavy atom. The molecule has 0 spiro atoms. The number of hydrogen-bond acceptors (Lipinski definition) is 6. The summed E-state index contributed by atoms with van der Waals surface area (Å²) in [5.74, 6) is -1.37. The molecular formula is C9H10N2O5S2. The van der Waals surface area contributed by atoms with Crippen LogP contribution in [0.4, 0.5) is 0 Å². The van der Waals surface area contributed by atoms with Crippen molar-refractivity contribution in [1.29, 1.82) is 5.26 Å². The lowest BCUT2D eigenvalue weighted by atomic mass is 10.2. The molecular weight excluding hydrogens is 280 g/mol. The number of carbonyl (C=O) groups is 1. The van der Waals surface area contributed by atoms with Crippen LogP contribution in [0.25, 0.3) is 0 Å². The minimum atomic E-state index is -3.99. The molecule has 0 aromatic carbocycles. The number of carboxylic acid groups (broad SMARTS) is 1. The molecule has 3 N–H and O–H groups in total. The monoisotopic (exact) mass is 290 g/mol. The van der Waals surface area contributed by atoms with Crippen molar-refractivity contribution in [3.63, 3.8) is 0 Å². The van der Waals surface area contributed by atoms with Gasteiger partial charge < -0.3 is 10.2 Å². The fourth-order valence-corrected chi connectivity index (χ4v) is 3.48. The minimum absolute atomic E-state index is 0.136. The number of nitriles is 1. The number of hydrogen-bond donors (Lipinski definition) is 3. The number of aliphatic hydroxyl groups excluding tert-OH is 1. The Bertz CT molecular complexity index is 572. The third-order valence-electron chi connectivity index (χ3n) is 1.97. The molecule has 0 aliphatic carbocycles. The van der Waals surface area contributed by atoms with E-state index in [1.54, 1.807) is 6.07 Å². The first-order valence-corrected chi connectivity index (χ1v) is 7.06. The van der Waals surface area contributed by atoms with Crippen LogP contribution in [-0.2, 0) is 14.8 Å². The lowest BCUT2D eigenvalue weighted by Gasteiger charge is -2.12. The lowest BCUT2D eigenvalue weighted by molar-refractivity contribution is -0.139. The molecule has 1 aromatic rings. The summed E-state index contributed by atoms with van der Waals surface area (Å²) in [6.45, 7) is -0.451. The zero-order chi connectivity index (χ0) is 13.8. The number of nitrogens with one attached hydrogen (secondary N) is 1. The summed E-state index contributed by atoms with van der Waals surface area (Å²) in [5.41, 5.74) is 0. The molecule has 1 rings (SSSR count). The highest BCUT2D eigenvalue weighted by molar-refractivity contribution is 7.91. The van der Waals surface area contributed by atoms with Crippen LogP contribution in [0.15, 0.2) is 16.3 Å². The van der Waals surface area contributed by atoms with Gasteiger partial charge in [-0.15, -0.1) is 11.3 Å². The molecule has 0 radical (unpaired) electrons. The normalized spacial score (nSPS) is 12.9. The summed E-state index contributed by atoms with van der Waals surface area (Å²) in [6.07, 6.45) is -0.231. The molecule has 0 aliphatic heterocycles. The van der Waals surface area contributed by atoms with E-state index in [0.717, 1.165) is 11.3 Å². The van der Waals surface area contributed by atoms with Crippen molar-refractivity contribution in [2.24, 2.45) is 0 Å². The second kappa shape index (κ2) is 5.92. The smallest absolute Gasteiger partial charge is 0.321 e. The van der Waals surface area contributed by atoms with Gasteiger partial charge in [0.15, 0.2) is 0 Å². The second-order valence-corrected chi connectivity index (χ2v) is 6.28. The average Bonchev–Trinajstić information content (AvgIpc) is 2.77. The number of carboxylic acids is 1. The molecule has 1 atom stereocenters. The van der Waals surface area contributed by atoms with Crippen molar-refractivity contribution >= 4 is 27.3 Å². The van der Waals surface area contributed by atoms with E-state index < -0.39 is 28.6 Å². The molecule has 9 heteroatoms. The van der Waals surface area contributed by atoms with Gasteiger partial charge in [-0.25, -0.2) is 8.42 Å². The van der Waals surface area contributed by atoms with Crippen LogP contribution >= 0.6 is 11.3 Å². The Kier molecular flexibility index (Phi) is 4.80. The fourth-order valence-electron chi connectivity index (χ4n) is 1.13. The van der Waals surface area contributed by atoms with Crippen LogP contribution in [0, 0.1) is 11.3 Å². The predicted octanol–water partition coefficient (Wildman–Crippen LogP) is -0.266. The SMILES string of the molecule is N#Cc1ccc(S(=O)(=O)N[C@@H](CCO)C(=O)O)s1. The molecule has 0 amide bonds. The van der Waals surface area contributed by atoms with Crippen LogP contribution in [0.3, 0.4) is 0 Å². The molecule has 0 fully saturated rings. The number of rotatable bonds is 6. The molecule has 0 saturated heterocycles. The van der Waals surface area contributed by atoms with Crippen molar-refractivity contribution in [3.8, 4) is 6.07 Å². The Balaban J connectivity index is 2.93. The summed E-state index contributed by atoms with van der Waals surface area (Å²) in [7, 11) is -3.99. The molecule has 0 saturated carbocycles. The van der Waals surface area contributed by atoms with Gasteiger partial charge in [0.2, 0.25) is 0 Å². The first-order chi connectivity index (χ1) is 8.40. The fraction of sp³-hybridized carbons (Fsp3) is 0.333. The number of thiophene rings is 1. The predicted molar refractivity (Wildman–Crippen MR) is 62.5 cm³/mol. The van der Waals surface area contributed by atoms with Gasteiger partial charge >= 0.3 is 5.97 Å². The molecule has 0 unspecified atom stereocenters. The highest BCUT2D eigenvalue weighted by Crippen LogP contribution is 2.21. The highest BCUT2D eigenvalue weighted by atomic mass is 32.2. The Hall–Kier alpha value is -1.47. The van der Waals surface area contributed by atoms with Crippen molar-refractivity contribution in [3.05, 3.63) is 17.0 Å². The Labute approximate surface area is 107 Å². The van der Waals surface area contributed by atoms with E-state index in [0.29, 0.717) is 0 Å². The number of sulfonamides is 1. The number of nitrogens with zero attached hydrogens (tertiary/aromatic N) is 1. The number of aliphatic carboxylic acids is 1. The summed E-state index contributed by atoms with van der Waals surface area (Å²) in [4.78, 5) is 11.0. The molecule has 98 valence electrons. The van der Waals surface area contributed by atoms with Gasteiger partial charge in [-0.3, -0.25) is 4.79 Å². The first-order valence-electron chi connectivity index (χ1n) is 4.76. The van der Waals surface area contributed by atoms with Gasteiger partial charge in [-0.05, 0) is 18.6 Å². The third-order valence-corrected chi connectivity index (χ3v) is 4.92. The average molecular weight is 290 g/mol. The molecule has 0 aliphatic rings. The maximum atomic E-state index is 11.8. The molecule has 1 aromatic heterocycles. The molecule has 1 heterocycles. The van der Waals surface area contributed by atoms with Gasteiger partial charge in [-0.2, -0.15) is 9.98 Å². The van der Waals surface area contributed by atoms with Crippen LogP contribution in [0.1, 0.15) is 11.3 Å². The van der Waals surface area contributed by atoms with Gasteiger partial charge in [-0.1, -0.05) is 0 Å². The van der Waals surface area contributed by atoms with E-state index in [1.807, 2.05) is 4.72 Å². The standard InChI is InChI=1S/C9H10N2O5S2/c10-5-6-1-2-8(17-6)18(15,16)11-7(3-4-12)9(13)14/h1-2,7,11-12H,3-4H2,(H,13,14)/t7-/m0/s1. The Morgan fingerprint density at radius 1 is 1.56 bits per heavy atom. The summed E-state index contributed by atoms with van der Waals surface area (Å²) in [6, 6.07) is 2.95. The van der Waals surface area contributed by atoms with Crippen molar-refractivity contribution in [1.82, 2.24) is 4.72 Å². The summed E-state index contributed by atoms with van der Waals surface area (Å²) in [5, 5.41) is 26.0. The van der Waals surface area contributed by atoms with Crippen LogP contribution in [0.5, 0.6) is 0 Å². The second-order valence-electron chi connectivity index (χ2n) is 3.25. The molecule has 7 nitrogen and oxygen atoms in total. The zero-order valence-corrected chi connectivity index (χ0v) is 10.7. The van der Waals surface area contributed by atoms with E-state index in [4.69, 9.17) is 15.5 Å².